The lowest BCUT2D eigenvalue weighted by atomic mass is 10.0. The van der Waals surface area contributed by atoms with Crippen LogP contribution in [0, 0.1) is 0 Å². The van der Waals surface area contributed by atoms with Gasteiger partial charge < -0.3 is 10.2 Å². The van der Waals surface area contributed by atoms with Crippen LogP contribution in [0.15, 0.2) is 120 Å². The van der Waals surface area contributed by atoms with Crippen molar-refractivity contribution < 1.29 is 18.0 Å². The molecule has 4 aromatic rings. The molecule has 5 rings (SSSR count). The average Bonchev–Trinajstić information content (AvgIpc) is 3.62. The topological polar surface area (TPSA) is 86.8 Å². The van der Waals surface area contributed by atoms with E-state index in [0.29, 0.717) is 32.5 Å². The largest absolute Gasteiger partial charge is 0.354 e. The molecule has 1 fully saturated rings. The van der Waals surface area contributed by atoms with E-state index in [4.69, 9.17) is 0 Å². The second-order valence-corrected chi connectivity index (χ2v) is 13.0. The third-order valence-corrected chi connectivity index (χ3v) is 9.91. The van der Waals surface area contributed by atoms with Gasteiger partial charge in [0.15, 0.2) is 0 Å². The van der Waals surface area contributed by atoms with Crippen LogP contribution in [0.3, 0.4) is 0 Å². The Balaban J connectivity index is 1.33. The Kier molecular flexibility index (Phi) is 10.6. The summed E-state index contributed by atoms with van der Waals surface area (Å²) in [4.78, 5) is 29.7. The van der Waals surface area contributed by atoms with Gasteiger partial charge >= 0.3 is 0 Å². The molecule has 0 aromatic heterocycles. The van der Waals surface area contributed by atoms with Gasteiger partial charge in [0.25, 0.3) is 0 Å². The molecule has 0 radical (unpaired) electrons. The van der Waals surface area contributed by atoms with Crippen molar-refractivity contribution in [1.82, 2.24) is 14.5 Å². The van der Waals surface area contributed by atoms with Crippen LogP contribution in [0.2, 0.25) is 0 Å². The highest BCUT2D eigenvalue weighted by Crippen LogP contribution is 2.26. The summed E-state index contributed by atoms with van der Waals surface area (Å²) in [7, 11) is -3.50. The number of carbonyl (C=O) groups is 2. The highest BCUT2D eigenvalue weighted by Gasteiger charge is 2.31. The fourth-order valence-corrected chi connectivity index (χ4v) is 7.10. The highest BCUT2D eigenvalue weighted by molar-refractivity contribution is 7.89. The van der Waals surface area contributed by atoms with Gasteiger partial charge in [-0.25, -0.2) is 8.42 Å². The lowest BCUT2D eigenvalue weighted by Crippen LogP contribution is -2.44. The minimum absolute atomic E-state index is 0.158. The molecule has 0 saturated carbocycles. The number of amides is 2. The van der Waals surface area contributed by atoms with Gasteiger partial charge in [-0.1, -0.05) is 103 Å². The first kappa shape index (κ1) is 31.2. The van der Waals surface area contributed by atoms with Crippen molar-refractivity contribution in [2.75, 3.05) is 19.6 Å². The third kappa shape index (κ3) is 8.01. The smallest absolute Gasteiger partial charge is 0.247 e. The van der Waals surface area contributed by atoms with Crippen molar-refractivity contribution >= 4 is 21.8 Å². The summed E-state index contributed by atoms with van der Waals surface area (Å²) in [5.74, 6) is -0.387. The summed E-state index contributed by atoms with van der Waals surface area (Å²) in [6.45, 7) is 1.83. The van der Waals surface area contributed by atoms with Crippen LogP contribution in [-0.4, -0.2) is 49.1 Å². The molecule has 0 bridgehead atoms. The van der Waals surface area contributed by atoms with Crippen molar-refractivity contribution in [1.29, 1.82) is 0 Å². The molecule has 1 saturated heterocycles. The number of nitrogens with one attached hydrogen (secondary N) is 1. The standard InChI is InChI=1S/C36H39N3O4S/c40-34(23-20-30-18-21-33(22-19-30)44(42,43)38-26-10-11-27-38)39(28-31-14-6-2-7-15-31)35(32-16-8-3-9-17-32)36(41)37-25-24-29-12-4-1-5-13-29/h1-9,12-19,21-22,35H,10-11,20,23-28H2,(H,37,41)/t35-/m0/s1. The molecule has 1 atom stereocenters. The summed E-state index contributed by atoms with van der Waals surface area (Å²) in [5, 5.41) is 3.07. The number of hydrogen-bond acceptors (Lipinski definition) is 4. The molecule has 228 valence electrons. The van der Waals surface area contributed by atoms with Gasteiger partial charge in [0, 0.05) is 32.6 Å². The number of carbonyl (C=O) groups excluding carboxylic acids is 2. The molecular formula is C36H39N3O4S. The van der Waals surface area contributed by atoms with Gasteiger partial charge in [-0.2, -0.15) is 4.31 Å². The average molecular weight is 610 g/mol. The van der Waals surface area contributed by atoms with Gasteiger partial charge in [0.05, 0.1) is 4.90 Å². The summed E-state index contributed by atoms with van der Waals surface area (Å²) in [6.07, 6.45) is 3.04. The Labute approximate surface area is 260 Å². The van der Waals surface area contributed by atoms with Crippen LogP contribution < -0.4 is 5.32 Å². The van der Waals surface area contributed by atoms with Crippen LogP contribution in [0.4, 0.5) is 0 Å². The Morgan fingerprint density at radius 2 is 1.25 bits per heavy atom. The monoisotopic (exact) mass is 609 g/mol. The molecule has 1 aliphatic heterocycles. The van der Waals surface area contributed by atoms with Crippen LogP contribution in [-0.2, 0) is 39.0 Å². The van der Waals surface area contributed by atoms with E-state index < -0.39 is 16.1 Å². The second-order valence-electron chi connectivity index (χ2n) is 11.1. The van der Waals surface area contributed by atoms with E-state index in [2.05, 4.69) is 5.32 Å². The highest BCUT2D eigenvalue weighted by atomic mass is 32.2. The summed E-state index contributed by atoms with van der Waals surface area (Å²) in [6, 6.07) is 35.1. The maximum absolute atomic E-state index is 14.0. The van der Waals surface area contributed by atoms with Crippen LogP contribution in [0.25, 0.3) is 0 Å². The fraction of sp³-hybridized carbons (Fsp3) is 0.278. The first-order valence-corrected chi connectivity index (χ1v) is 16.6. The van der Waals surface area contributed by atoms with E-state index in [-0.39, 0.29) is 29.7 Å². The van der Waals surface area contributed by atoms with E-state index >= 15 is 0 Å². The maximum Gasteiger partial charge on any atom is 0.247 e. The van der Waals surface area contributed by atoms with Crippen molar-refractivity contribution in [2.45, 2.75) is 49.6 Å². The zero-order valence-electron chi connectivity index (χ0n) is 24.8. The van der Waals surface area contributed by atoms with Crippen molar-refractivity contribution in [3.8, 4) is 0 Å². The van der Waals surface area contributed by atoms with E-state index in [0.717, 1.165) is 35.1 Å². The van der Waals surface area contributed by atoms with E-state index in [9.17, 15) is 18.0 Å². The van der Waals surface area contributed by atoms with Crippen molar-refractivity contribution in [3.05, 3.63) is 138 Å². The number of rotatable bonds is 13. The zero-order valence-corrected chi connectivity index (χ0v) is 25.7. The summed E-state index contributed by atoms with van der Waals surface area (Å²) >= 11 is 0. The molecular weight excluding hydrogens is 570 g/mol. The Morgan fingerprint density at radius 3 is 1.86 bits per heavy atom. The molecule has 0 spiro atoms. The Bertz CT molecular complexity index is 1610. The zero-order chi connectivity index (χ0) is 30.8. The molecule has 0 aliphatic carbocycles. The van der Waals surface area contributed by atoms with Gasteiger partial charge in [0.2, 0.25) is 21.8 Å². The number of sulfonamides is 1. The second kappa shape index (κ2) is 14.9. The first-order valence-electron chi connectivity index (χ1n) is 15.2. The molecule has 44 heavy (non-hydrogen) atoms. The summed E-state index contributed by atoms with van der Waals surface area (Å²) < 4.78 is 27.4. The van der Waals surface area contributed by atoms with Gasteiger partial charge in [-0.05, 0) is 60.1 Å². The van der Waals surface area contributed by atoms with Crippen molar-refractivity contribution in [3.63, 3.8) is 0 Å². The predicted octanol–water partition coefficient (Wildman–Crippen LogP) is 5.53. The van der Waals surface area contributed by atoms with Crippen LogP contribution in [0.5, 0.6) is 0 Å². The maximum atomic E-state index is 14.0. The minimum Gasteiger partial charge on any atom is -0.354 e. The van der Waals surface area contributed by atoms with Gasteiger partial charge in [-0.15, -0.1) is 0 Å². The number of hydrogen-bond donors (Lipinski definition) is 1. The first-order chi connectivity index (χ1) is 21.4. The molecule has 0 unspecified atom stereocenters. The molecule has 1 aliphatic rings. The Morgan fingerprint density at radius 1 is 0.705 bits per heavy atom. The molecule has 1 N–H and O–H groups in total. The lowest BCUT2D eigenvalue weighted by Gasteiger charge is -2.32. The van der Waals surface area contributed by atoms with Crippen LogP contribution >= 0.6 is 0 Å². The van der Waals surface area contributed by atoms with Crippen LogP contribution in [0.1, 0.15) is 47.6 Å². The number of nitrogens with zero attached hydrogens (tertiary/aromatic N) is 2. The Hall–Kier alpha value is -4.27. The lowest BCUT2D eigenvalue weighted by molar-refractivity contribution is -0.141. The summed E-state index contributed by atoms with van der Waals surface area (Å²) in [5.41, 5.74) is 3.66. The van der Waals surface area contributed by atoms with Crippen molar-refractivity contribution in [2.24, 2.45) is 0 Å². The van der Waals surface area contributed by atoms with E-state index in [1.165, 1.54) is 4.31 Å². The quantitative estimate of drug-likeness (QED) is 0.216. The van der Waals surface area contributed by atoms with E-state index in [1.54, 1.807) is 29.2 Å². The molecule has 2 amide bonds. The third-order valence-electron chi connectivity index (χ3n) is 8.00. The number of aryl methyl sites for hydroxylation is 1. The number of benzene rings is 4. The van der Waals surface area contributed by atoms with Gasteiger partial charge in [0.1, 0.15) is 6.04 Å². The SMILES string of the molecule is O=C(NCCc1ccccc1)[C@H](c1ccccc1)N(Cc1ccccc1)C(=O)CCc1ccc(S(=O)(=O)N2CCCC2)cc1. The fourth-order valence-electron chi connectivity index (χ4n) is 5.58. The molecule has 8 heteroatoms. The molecule has 4 aromatic carbocycles. The molecule has 1 heterocycles. The normalized spacial score (nSPS) is 14.2. The predicted molar refractivity (Wildman–Crippen MR) is 172 cm³/mol. The molecule has 7 nitrogen and oxygen atoms in total. The minimum atomic E-state index is -3.50. The van der Waals surface area contributed by atoms with Gasteiger partial charge in [-0.3, -0.25) is 9.59 Å². The van der Waals surface area contributed by atoms with E-state index in [1.807, 2.05) is 91.0 Å².